The van der Waals surface area contributed by atoms with E-state index in [1.807, 2.05) is 13.0 Å². The lowest BCUT2D eigenvalue weighted by atomic mass is 10.1. The number of halogens is 1. The number of benzene rings is 2. The van der Waals surface area contributed by atoms with Gasteiger partial charge < -0.3 is 19.5 Å². The number of methoxy groups -OCH3 is 3. The van der Waals surface area contributed by atoms with Gasteiger partial charge in [0.2, 0.25) is 5.75 Å². The first-order chi connectivity index (χ1) is 11.0. The zero-order valence-electron chi connectivity index (χ0n) is 13.4. The second-order valence-corrected chi connectivity index (χ2v) is 5.24. The van der Waals surface area contributed by atoms with Crippen molar-refractivity contribution in [2.24, 2.45) is 0 Å². The largest absolute Gasteiger partial charge is 0.493 e. The normalized spacial score (nSPS) is 10.1. The third kappa shape index (κ3) is 3.68. The van der Waals surface area contributed by atoms with Gasteiger partial charge in [-0.15, -0.1) is 0 Å². The molecule has 23 heavy (non-hydrogen) atoms. The topological polar surface area (TPSA) is 56.8 Å². The highest BCUT2D eigenvalue weighted by Gasteiger charge is 2.17. The lowest BCUT2D eigenvalue weighted by Gasteiger charge is -2.14. The van der Waals surface area contributed by atoms with Crippen molar-refractivity contribution in [1.29, 1.82) is 0 Å². The van der Waals surface area contributed by atoms with Crippen molar-refractivity contribution < 1.29 is 19.0 Å². The predicted octanol–water partition coefficient (Wildman–Crippen LogP) is 3.93. The first kappa shape index (κ1) is 17.0. The van der Waals surface area contributed by atoms with Gasteiger partial charge in [0.05, 0.1) is 21.3 Å². The van der Waals surface area contributed by atoms with Gasteiger partial charge in [-0.3, -0.25) is 4.79 Å². The fourth-order valence-electron chi connectivity index (χ4n) is 2.09. The number of hydrogen-bond acceptors (Lipinski definition) is 4. The van der Waals surface area contributed by atoms with Crippen LogP contribution >= 0.6 is 11.6 Å². The van der Waals surface area contributed by atoms with Gasteiger partial charge in [-0.1, -0.05) is 17.7 Å². The standard InChI is InChI=1S/C17H18ClNO4/c1-10-5-6-12(9-13(10)18)19-17(20)11-7-14(21-2)16(23-4)15(8-11)22-3/h5-9H,1-4H3,(H,19,20). The van der Waals surface area contributed by atoms with Gasteiger partial charge in [-0.2, -0.15) is 0 Å². The summed E-state index contributed by atoms with van der Waals surface area (Å²) in [5, 5.41) is 3.38. The Morgan fingerprint density at radius 2 is 1.61 bits per heavy atom. The van der Waals surface area contributed by atoms with Crippen LogP contribution in [-0.2, 0) is 0 Å². The lowest BCUT2D eigenvalue weighted by Crippen LogP contribution is -2.12. The summed E-state index contributed by atoms with van der Waals surface area (Å²) in [4.78, 5) is 12.4. The molecule has 2 aromatic rings. The fourth-order valence-corrected chi connectivity index (χ4v) is 2.27. The highest BCUT2D eigenvalue weighted by atomic mass is 35.5. The van der Waals surface area contributed by atoms with Crippen LogP contribution in [0.3, 0.4) is 0 Å². The van der Waals surface area contributed by atoms with Crippen LogP contribution in [-0.4, -0.2) is 27.2 Å². The van der Waals surface area contributed by atoms with E-state index in [0.29, 0.717) is 33.5 Å². The average Bonchev–Trinajstić information content (AvgIpc) is 2.56. The summed E-state index contributed by atoms with van der Waals surface area (Å²) in [7, 11) is 4.51. The Morgan fingerprint density at radius 1 is 1.00 bits per heavy atom. The quantitative estimate of drug-likeness (QED) is 0.899. The Balaban J connectivity index is 2.33. The molecule has 0 radical (unpaired) electrons. The molecule has 0 spiro atoms. The van der Waals surface area contributed by atoms with Gasteiger partial charge >= 0.3 is 0 Å². The van der Waals surface area contributed by atoms with E-state index in [-0.39, 0.29) is 5.91 Å². The molecule has 0 aromatic heterocycles. The van der Waals surface area contributed by atoms with Gasteiger partial charge in [0.15, 0.2) is 11.5 Å². The molecule has 0 aliphatic rings. The smallest absolute Gasteiger partial charge is 0.255 e. The highest BCUT2D eigenvalue weighted by molar-refractivity contribution is 6.31. The third-order valence-electron chi connectivity index (χ3n) is 3.36. The monoisotopic (exact) mass is 335 g/mol. The number of anilines is 1. The second-order valence-electron chi connectivity index (χ2n) is 4.83. The molecule has 0 atom stereocenters. The zero-order chi connectivity index (χ0) is 17.0. The minimum Gasteiger partial charge on any atom is -0.493 e. The molecule has 0 aliphatic carbocycles. The number of nitrogens with one attached hydrogen (secondary N) is 1. The summed E-state index contributed by atoms with van der Waals surface area (Å²) in [6.07, 6.45) is 0. The molecular formula is C17H18ClNO4. The van der Waals surface area contributed by atoms with Crippen molar-refractivity contribution in [1.82, 2.24) is 0 Å². The molecule has 5 nitrogen and oxygen atoms in total. The van der Waals surface area contributed by atoms with E-state index in [1.54, 1.807) is 24.3 Å². The summed E-state index contributed by atoms with van der Waals surface area (Å²) in [5.41, 5.74) is 1.94. The van der Waals surface area contributed by atoms with Crippen molar-refractivity contribution in [3.63, 3.8) is 0 Å². The summed E-state index contributed by atoms with van der Waals surface area (Å²) < 4.78 is 15.7. The Kier molecular flexibility index (Phi) is 5.34. The zero-order valence-corrected chi connectivity index (χ0v) is 14.2. The van der Waals surface area contributed by atoms with E-state index in [1.165, 1.54) is 21.3 Å². The van der Waals surface area contributed by atoms with Gasteiger partial charge in [-0.05, 0) is 36.8 Å². The molecule has 0 aliphatic heterocycles. The molecule has 0 fully saturated rings. The third-order valence-corrected chi connectivity index (χ3v) is 3.76. The molecule has 0 bridgehead atoms. The van der Waals surface area contributed by atoms with E-state index in [4.69, 9.17) is 25.8 Å². The maximum absolute atomic E-state index is 12.4. The van der Waals surface area contributed by atoms with Gasteiger partial charge in [0, 0.05) is 16.3 Å². The number of rotatable bonds is 5. The van der Waals surface area contributed by atoms with Gasteiger partial charge in [-0.25, -0.2) is 0 Å². The highest BCUT2D eigenvalue weighted by Crippen LogP contribution is 2.38. The second kappa shape index (κ2) is 7.24. The maximum Gasteiger partial charge on any atom is 0.255 e. The maximum atomic E-state index is 12.4. The Hall–Kier alpha value is -2.40. The van der Waals surface area contributed by atoms with E-state index in [0.717, 1.165) is 5.56 Å². The summed E-state index contributed by atoms with van der Waals surface area (Å²) in [6, 6.07) is 8.51. The van der Waals surface area contributed by atoms with E-state index in [9.17, 15) is 4.79 Å². The first-order valence-corrected chi connectivity index (χ1v) is 7.25. The Morgan fingerprint density at radius 3 is 2.09 bits per heavy atom. The van der Waals surface area contributed by atoms with Crippen molar-refractivity contribution >= 4 is 23.2 Å². The van der Waals surface area contributed by atoms with Crippen LogP contribution in [0.25, 0.3) is 0 Å². The van der Waals surface area contributed by atoms with Crippen LogP contribution in [0.15, 0.2) is 30.3 Å². The molecule has 1 N–H and O–H groups in total. The fraction of sp³-hybridized carbons (Fsp3) is 0.235. The van der Waals surface area contributed by atoms with Crippen molar-refractivity contribution in [2.75, 3.05) is 26.6 Å². The van der Waals surface area contributed by atoms with Crippen molar-refractivity contribution in [2.45, 2.75) is 6.92 Å². The summed E-state index contributed by atoms with van der Waals surface area (Å²) in [5.74, 6) is 0.965. The summed E-state index contributed by atoms with van der Waals surface area (Å²) >= 11 is 6.07. The van der Waals surface area contributed by atoms with E-state index < -0.39 is 0 Å². The number of aryl methyl sites for hydroxylation is 1. The molecule has 2 aromatic carbocycles. The number of amides is 1. The van der Waals surface area contributed by atoms with Crippen LogP contribution in [0, 0.1) is 6.92 Å². The molecular weight excluding hydrogens is 318 g/mol. The number of hydrogen-bond donors (Lipinski definition) is 1. The predicted molar refractivity (Wildman–Crippen MR) is 90.2 cm³/mol. The SMILES string of the molecule is COc1cc(C(=O)Nc2ccc(C)c(Cl)c2)cc(OC)c1OC. The summed E-state index contributed by atoms with van der Waals surface area (Å²) in [6.45, 7) is 1.90. The number of carbonyl (C=O) groups excluding carboxylic acids is 1. The van der Waals surface area contributed by atoms with E-state index in [2.05, 4.69) is 5.32 Å². The molecule has 6 heteroatoms. The molecule has 0 saturated carbocycles. The molecule has 2 rings (SSSR count). The lowest BCUT2D eigenvalue weighted by molar-refractivity contribution is 0.102. The average molecular weight is 336 g/mol. The molecule has 0 heterocycles. The Bertz CT molecular complexity index is 706. The van der Waals surface area contributed by atoms with Crippen LogP contribution in [0.1, 0.15) is 15.9 Å². The van der Waals surface area contributed by atoms with Crippen LogP contribution in [0.2, 0.25) is 5.02 Å². The molecule has 0 saturated heterocycles. The van der Waals surface area contributed by atoms with Crippen LogP contribution in [0.4, 0.5) is 5.69 Å². The molecule has 122 valence electrons. The van der Waals surface area contributed by atoms with Gasteiger partial charge in [0.1, 0.15) is 0 Å². The van der Waals surface area contributed by atoms with Crippen LogP contribution in [0.5, 0.6) is 17.2 Å². The minimum atomic E-state index is -0.302. The minimum absolute atomic E-state index is 0.302. The number of carbonyl (C=O) groups is 1. The van der Waals surface area contributed by atoms with Crippen LogP contribution < -0.4 is 19.5 Å². The van der Waals surface area contributed by atoms with Gasteiger partial charge in [0.25, 0.3) is 5.91 Å². The number of ether oxygens (including phenoxy) is 3. The molecule has 0 unspecified atom stereocenters. The van der Waals surface area contributed by atoms with Crippen molar-refractivity contribution in [3.05, 3.63) is 46.5 Å². The van der Waals surface area contributed by atoms with E-state index >= 15 is 0 Å². The first-order valence-electron chi connectivity index (χ1n) is 6.87. The Labute approximate surface area is 140 Å². The molecule has 1 amide bonds. The van der Waals surface area contributed by atoms with Crippen molar-refractivity contribution in [3.8, 4) is 17.2 Å².